The van der Waals surface area contributed by atoms with Crippen molar-refractivity contribution in [3.05, 3.63) is 0 Å². The minimum Gasteiger partial charge on any atom is -0.466 e. The number of rotatable bonds is 9. The van der Waals surface area contributed by atoms with Crippen LogP contribution in [0.2, 0.25) is 0 Å². The zero-order valence-corrected chi connectivity index (χ0v) is 10.00. The van der Waals surface area contributed by atoms with Crippen LogP contribution >= 0.6 is 0 Å². The maximum Gasteiger partial charge on any atom is 0.308 e. The molecule has 0 aliphatic rings. The van der Waals surface area contributed by atoms with Gasteiger partial charge in [-0.3, -0.25) is 4.79 Å². The average molecular weight is 216 g/mol. The second-order valence-electron chi connectivity index (χ2n) is 4.04. The predicted octanol–water partition coefficient (Wildman–Crippen LogP) is 2.66. The van der Waals surface area contributed by atoms with E-state index in [2.05, 4.69) is 6.92 Å². The van der Waals surface area contributed by atoms with Gasteiger partial charge in [-0.05, 0) is 13.3 Å². The molecule has 0 aliphatic heterocycles. The third kappa shape index (κ3) is 11.4. The summed E-state index contributed by atoms with van der Waals surface area (Å²) in [7, 11) is 0. The third-order valence-corrected chi connectivity index (χ3v) is 2.22. The van der Waals surface area contributed by atoms with E-state index in [0.717, 1.165) is 12.8 Å². The summed E-state index contributed by atoms with van der Waals surface area (Å²) in [4.78, 5) is 11.0. The van der Waals surface area contributed by atoms with Gasteiger partial charge in [0.1, 0.15) is 0 Å². The van der Waals surface area contributed by atoms with Crippen molar-refractivity contribution in [1.29, 1.82) is 0 Å². The van der Waals surface area contributed by atoms with Gasteiger partial charge in [-0.2, -0.15) is 0 Å². The van der Waals surface area contributed by atoms with Crippen LogP contribution in [-0.2, 0) is 9.53 Å². The Kier molecular flexibility index (Phi) is 9.59. The highest BCUT2D eigenvalue weighted by Gasteiger charge is 2.06. The number of aliphatic hydroxyl groups excluding tert-OH is 1. The van der Waals surface area contributed by atoms with Crippen LogP contribution in [0.1, 0.15) is 58.8 Å². The molecular weight excluding hydrogens is 192 g/mol. The van der Waals surface area contributed by atoms with Gasteiger partial charge in [0.15, 0.2) is 0 Å². The molecule has 0 saturated heterocycles. The lowest BCUT2D eigenvalue weighted by Gasteiger charge is -2.05. The van der Waals surface area contributed by atoms with Crippen molar-refractivity contribution in [1.82, 2.24) is 0 Å². The van der Waals surface area contributed by atoms with Crippen LogP contribution in [0.15, 0.2) is 0 Å². The predicted molar refractivity (Wildman–Crippen MR) is 60.6 cm³/mol. The maximum atomic E-state index is 11.0. The van der Waals surface area contributed by atoms with E-state index < -0.39 is 6.10 Å². The van der Waals surface area contributed by atoms with Crippen molar-refractivity contribution in [2.75, 3.05) is 6.61 Å². The van der Waals surface area contributed by atoms with Gasteiger partial charge in [0.05, 0.1) is 19.1 Å². The summed E-state index contributed by atoms with van der Waals surface area (Å²) in [5.41, 5.74) is 0. The number of hydrogen-bond acceptors (Lipinski definition) is 3. The van der Waals surface area contributed by atoms with Gasteiger partial charge in [0.25, 0.3) is 0 Å². The van der Waals surface area contributed by atoms with Gasteiger partial charge in [-0.15, -0.1) is 0 Å². The van der Waals surface area contributed by atoms with Crippen molar-refractivity contribution in [3.8, 4) is 0 Å². The molecule has 3 heteroatoms. The lowest BCUT2D eigenvalue weighted by molar-refractivity contribution is -0.145. The summed E-state index contributed by atoms with van der Waals surface area (Å²) in [6.45, 7) is 4.28. The zero-order chi connectivity index (χ0) is 11.5. The highest BCUT2D eigenvalue weighted by atomic mass is 16.5. The topological polar surface area (TPSA) is 46.5 Å². The Labute approximate surface area is 92.8 Å². The summed E-state index contributed by atoms with van der Waals surface area (Å²) in [6, 6.07) is 0. The Balaban J connectivity index is 3.13. The number of hydrogen-bond donors (Lipinski definition) is 1. The normalized spacial score (nSPS) is 12.5. The van der Waals surface area contributed by atoms with Gasteiger partial charge < -0.3 is 9.84 Å². The molecule has 1 N–H and O–H groups in total. The quantitative estimate of drug-likeness (QED) is 0.476. The molecule has 0 saturated carbocycles. The lowest BCUT2D eigenvalue weighted by atomic mass is 10.1. The molecule has 0 aromatic carbocycles. The minimum absolute atomic E-state index is 0.107. The van der Waals surface area contributed by atoms with Crippen LogP contribution in [0.25, 0.3) is 0 Å². The van der Waals surface area contributed by atoms with E-state index >= 15 is 0 Å². The van der Waals surface area contributed by atoms with Crippen molar-refractivity contribution in [2.24, 2.45) is 0 Å². The van der Waals surface area contributed by atoms with Gasteiger partial charge in [-0.1, -0.05) is 39.0 Å². The first-order valence-corrected chi connectivity index (χ1v) is 6.00. The Morgan fingerprint density at radius 1 is 1.20 bits per heavy atom. The summed E-state index contributed by atoms with van der Waals surface area (Å²) >= 11 is 0. The molecule has 0 spiro atoms. The molecule has 3 nitrogen and oxygen atoms in total. The Morgan fingerprint density at radius 3 is 2.40 bits per heavy atom. The molecule has 0 unspecified atom stereocenters. The second-order valence-corrected chi connectivity index (χ2v) is 4.04. The summed E-state index contributed by atoms with van der Waals surface area (Å²) in [5.74, 6) is -0.293. The number of carbonyl (C=O) groups is 1. The minimum atomic E-state index is -0.595. The third-order valence-electron chi connectivity index (χ3n) is 2.22. The highest BCUT2D eigenvalue weighted by Crippen LogP contribution is 2.05. The van der Waals surface area contributed by atoms with Gasteiger partial charge in [-0.25, -0.2) is 0 Å². The van der Waals surface area contributed by atoms with E-state index in [1.165, 1.54) is 25.7 Å². The van der Waals surface area contributed by atoms with Crippen LogP contribution in [0.5, 0.6) is 0 Å². The fraction of sp³-hybridized carbons (Fsp3) is 0.917. The first kappa shape index (κ1) is 14.4. The first-order chi connectivity index (χ1) is 7.16. The SMILES string of the molecule is CCCCCCCCOC(=O)C[C@H](C)O. The Morgan fingerprint density at radius 2 is 1.80 bits per heavy atom. The number of aliphatic hydroxyl groups is 1. The monoisotopic (exact) mass is 216 g/mol. The standard InChI is InChI=1S/C12H24O3/c1-3-4-5-6-7-8-9-15-12(14)10-11(2)13/h11,13H,3-10H2,1-2H3/t11-/m0/s1. The maximum absolute atomic E-state index is 11.0. The highest BCUT2D eigenvalue weighted by molar-refractivity contribution is 5.69. The van der Waals surface area contributed by atoms with E-state index in [0.29, 0.717) is 6.61 Å². The van der Waals surface area contributed by atoms with Crippen molar-refractivity contribution >= 4 is 5.97 Å². The van der Waals surface area contributed by atoms with Crippen LogP contribution in [0.4, 0.5) is 0 Å². The lowest BCUT2D eigenvalue weighted by Crippen LogP contribution is -2.13. The van der Waals surface area contributed by atoms with Crippen LogP contribution < -0.4 is 0 Å². The van der Waals surface area contributed by atoms with Crippen LogP contribution in [-0.4, -0.2) is 23.8 Å². The van der Waals surface area contributed by atoms with Crippen molar-refractivity contribution in [3.63, 3.8) is 0 Å². The van der Waals surface area contributed by atoms with E-state index in [1.54, 1.807) is 6.92 Å². The number of esters is 1. The molecule has 1 atom stereocenters. The first-order valence-electron chi connectivity index (χ1n) is 6.00. The van der Waals surface area contributed by atoms with Crippen LogP contribution in [0.3, 0.4) is 0 Å². The molecule has 0 aliphatic carbocycles. The molecule has 0 aromatic rings. The Hall–Kier alpha value is -0.570. The fourth-order valence-corrected chi connectivity index (χ4v) is 1.37. The second kappa shape index (κ2) is 9.97. The smallest absolute Gasteiger partial charge is 0.308 e. The summed E-state index contributed by atoms with van der Waals surface area (Å²) in [6.07, 6.45) is 6.63. The van der Waals surface area contributed by atoms with E-state index in [4.69, 9.17) is 9.84 Å². The Bertz CT molecular complexity index is 155. The van der Waals surface area contributed by atoms with Gasteiger partial charge >= 0.3 is 5.97 Å². The van der Waals surface area contributed by atoms with Crippen molar-refractivity contribution < 1.29 is 14.6 Å². The number of ether oxygens (including phenoxy) is 1. The number of carbonyl (C=O) groups excluding carboxylic acids is 1. The molecule has 0 fully saturated rings. The molecular formula is C12H24O3. The van der Waals surface area contributed by atoms with E-state index in [-0.39, 0.29) is 12.4 Å². The molecule has 0 aromatic heterocycles. The number of unbranched alkanes of at least 4 members (excludes halogenated alkanes) is 5. The molecule has 15 heavy (non-hydrogen) atoms. The largest absolute Gasteiger partial charge is 0.466 e. The molecule has 0 heterocycles. The van der Waals surface area contributed by atoms with E-state index in [9.17, 15) is 4.79 Å². The molecule has 0 bridgehead atoms. The van der Waals surface area contributed by atoms with Gasteiger partial charge in [0.2, 0.25) is 0 Å². The van der Waals surface area contributed by atoms with Gasteiger partial charge in [0, 0.05) is 0 Å². The van der Waals surface area contributed by atoms with E-state index in [1.807, 2.05) is 0 Å². The summed E-state index contributed by atoms with van der Waals surface area (Å²) < 4.78 is 4.96. The molecule has 0 radical (unpaired) electrons. The zero-order valence-electron chi connectivity index (χ0n) is 10.00. The molecule has 90 valence electrons. The fourth-order valence-electron chi connectivity index (χ4n) is 1.37. The molecule has 0 amide bonds. The van der Waals surface area contributed by atoms with Crippen molar-refractivity contribution in [2.45, 2.75) is 64.9 Å². The summed E-state index contributed by atoms with van der Waals surface area (Å²) in [5, 5.41) is 8.92. The van der Waals surface area contributed by atoms with Crippen LogP contribution in [0, 0.1) is 0 Å². The average Bonchev–Trinajstić information content (AvgIpc) is 2.15. The molecule has 0 rings (SSSR count).